The summed E-state index contributed by atoms with van der Waals surface area (Å²) in [7, 11) is -4.33. The maximum Gasteiger partial charge on any atom is 0.270 e. The zero-order valence-corrected chi connectivity index (χ0v) is 12.1. The van der Waals surface area contributed by atoms with Gasteiger partial charge in [0.2, 0.25) is 11.8 Å². The lowest BCUT2D eigenvalue weighted by atomic mass is 9.94. The van der Waals surface area contributed by atoms with Gasteiger partial charge in [0.05, 0.1) is 4.75 Å². The lowest BCUT2D eigenvalue weighted by Crippen LogP contribution is -2.50. The van der Waals surface area contributed by atoms with E-state index in [2.05, 4.69) is 17.2 Å². The van der Waals surface area contributed by atoms with Crippen molar-refractivity contribution < 1.29 is 22.6 Å². The highest BCUT2D eigenvalue weighted by atomic mass is 32.2. The largest absolute Gasteiger partial charge is 0.356 e. The molecule has 1 atom stereocenters. The quantitative estimate of drug-likeness (QED) is 0.441. The van der Waals surface area contributed by atoms with Crippen molar-refractivity contribution in [1.29, 1.82) is 0 Å². The predicted molar refractivity (Wildman–Crippen MR) is 71.0 cm³/mol. The molecule has 0 aliphatic rings. The second-order valence-electron chi connectivity index (χ2n) is 4.66. The van der Waals surface area contributed by atoms with Gasteiger partial charge < -0.3 is 10.6 Å². The number of nitrogens with one attached hydrogen (secondary N) is 2. The molecule has 0 saturated carbocycles. The van der Waals surface area contributed by atoms with Gasteiger partial charge in [0.1, 0.15) is 0 Å². The van der Waals surface area contributed by atoms with Crippen LogP contribution >= 0.6 is 0 Å². The Bertz CT molecular complexity index is 456. The van der Waals surface area contributed by atoms with Crippen LogP contribution in [0.15, 0.2) is 12.7 Å². The summed E-state index contributed by atoms with van der Waals surface area (Å²) in [6, 6.07) is 0. The number of amides is 2. The van der Waals surface area contributed by atoms with Crippen molar-refractivity contribution >= 4 is 21.9 Å². The van der Waals surface area contributed by atoms with Crippen molar-refractivity contribution in [2.24, 2.45) is 5.92 Å². The summed E-state index contributed by atoms with van der Waals surface area (Å²) in [6.07, 6.45) is 1.05. The Morgan fingerprint density at radius 1 is 1.32 bits per heavy atom. The van der Waals surface area contributed by atoms with Crippen molar-refractivity contribution in [3.8, 4) is 0 Å². The molecule has 7 nitrogen and oxygen atoms in total. The molecule has 0 aliphatic carbocycles. The van der Waals surface area contributed by atoms with E-state index in [-0.39, 0.29) is 19.0 Å². The molecule has 2 amide bonds. The van der Waals surface area contributed by atoms with Crippen molar-refractivity contribution in [2.45, 2.75) is 25.5 Å². The highest BCUT2D eigenvalue weighted by Crippen LogP contribution is 2.24. The predicted octanol–water partition coefficient (Wildman–Crippen LogP) is -0.293. The summed E-state index contributed by atoms with van der Waals surface area (Å²) >= 11 is 0. The zero-order chi connectivity index (χ0) is 15.3. The van der Waals surface area contributed by atoms with Gasteiger partial charge in [0.25, 0.3) is 10.1 Å². The van der Waals surface area contributed by atoms with Crippen LogP contribution in [0.3, 0.4) is 0 Å². The fraction of sp³-hybridized carbons (Fsp3) is 0.636. The first-order valence-electron chi connectivity index (χ1n) is 5.64. The van der Waals surface area contributed by atoms with Crippen LogP contribution in [-0.2, 0) is 19.7 Å². The Morgan fingerprint density at radius 3 is 2.16 bits per heavy atom. The molecule has 110 valence electrons. The molecule has 0 radical (unpaired) electrons. The number of hydrogen-bond acceptors (Lipinski definition) is 4. The molecule has 0 aromatic rings. The van der Waals surface area contributed by atoms with Crippen molar-refractivity contribution in [1.82, 2.24) is 10.6 Å². The monoisotopic (exact) mass is 292 g/mol. The van der Waals surface area contributed by atoms with Gasteiger partial charge in [-0.3, -0.25) is 14.1 Å². The van der Waals surface area contributed by atoms with Gasteiger partial charge in [-0.1, -0.05) is 6.58 Å². The second-order valence-corrected chi connectivity index (χ2v) is 6.66. The van der Waals surface area contributed by atoms with Crippen molar-refractivity contribution in [3.63, 3.8) is 0 Å². The van der Waals surface area contributed by atoms with Crippen LogP contribution in [0, 0.1) is 5.92 Å². The molecule has 0 fully saturated rings. The topological polar surface area (TPSA) is 113 Å². The summed E-state index contributed by atoms with van der Waals surface area (Å²) < 4.78 is 30.4. The Morgan fingerprint density at radius 2 is 1.79 bits per heavy atom. The summed E-state index contributed by atoms with van der Waals surface area (Å²) in [5.74, 6) is -1.47. The van der Waals surface area contributed by atoms with Crippen LogP contribution in [0.5, 0.6) is 0 Å². The fourth-order valence-corrected chi connectivity index (χ4v) is 1.93. The number of rotatable bonds is 7. The molecule has 0 aliphatic heterocycles. The van der Waals surface area contributed by atoms with E-state index in [0.29, 0.717) is 0 Å². The molecule has 0 bridgehead atoms. The standard InChI is InChI=1S/C11H20N2O5S/c1-5-10(15)13-7-9(6-12-8(2)14)11(3,4)19(16,17)18/h5,9H,1,6-7H2,2-4H3,(H,12,14)(H,13,15)(H,16,17,18). The van der Waals surface area contributed by atoms with Crippen LogP contribution in [-0.4, -0.2) is 42.6 Å². The summed E-state index contributed by atoms with van der Waals surface area (Å²) in [5, 5.41) is 4.92. The Hall–Kier alpha value is -1.41. The second kappa shape index (κ2) is 6.67. The van der Waals surface area contributed by atoms with E-state index in [1.54, 1.807) is 0 Å². The molecule has 1 unspecified atom stereocenters. The van der Waals surface area contributed by atoms with E-state index in [9.17, 15) is 22.6 Å². The van der Waals surface area contributed by atoms with Gasteiger partial charge >= 0.3 is 0 Å². The highest BCUT2D eigenvalue weighted by Gasteiger charge is 2.41. The average Bonchev–Trinajstić information content (AvgIpc) is 2.26. The van der Waals surface area contributed by atoms with Gasteiger partial charge in [-0.05, 0) is 19.9 Å². The summed E-state index contributed by atoms with van der Waals surface area (Å²) in [6.45, 7) is 7.22. The third-order valence-corrected chi connectivity index (χ3v) is 4.62. The minimum absolute atomic E-state index is 0.0134. The first-order valence-corrected chi connectivity index (χ1v) is 7.08. The smallest absolute Gasteiger partial charge is 0.270 e. The van der Waals surface area contributed by atoms with Gasteiger partial charge in [0, 0.05) is 25.9 Å². The zero-order valence-electron chi connectivity index (χ0n) is 11.3. The van der Waals surface area contributed by atoms with E-state index in [4.69, 9.17) is 0 Å². The molecule has 0 aromatic heterocycles. The van der Waals surface area contributed by atoms with Crippen molar-refractivity contribution in [3.05, 3.63) is 12.7 Å². The third kappa shape index (κ3) is 5.39. The maximum absolute atomic E-state index is 11.4. The van der Waals surface area contributed by atoms with Gasteiger partial charge in [-0.2, -0.15) is 8.42 Å². The third-order valence-electron chi connectivity index (χ3n) is 2.95. The van der Waals surface area contributed by atoms with E-state index in [0.717, 1.165) is 6.08 Å². The normalized spacial score (nSPS) is 13.5. The molecule has 0 saturated heterocycles. The Balaban J connectivity index is 4.99. The van der Waals surface area contributed by atoms with Gasteiger partial charge in [0.15, 0.2) is 0 Å². The molecule has 0 rings (SSSR count). The van der Waals surface area contributed by atoms with Crippen LogP contribution in [0.2, 0.25) is 0 Å². The molecule has 8 heteroatoms. The lowest BCUT2D eigenvalue weighted by Gasteiger charge is -2.31. The fourth-order valence-electron chi connectivity index (χ4n) is 1.34. The molecule has 0 spiro atoms. The van der Waals surface area contributed by atoms with Crippen LogP contribution in [0.4, 0.5) is 0 Å². The van der Waals surface area contributed by atoms with Crippen LogP contribution < -0.4 is 10.6 Å². The minimum atomic E-state index is -4.33. The minimum Gasteiger partial charge on any atom is -0.356 e. The van der Waals surface area contributed by atoms with E-state index in [1.807, 2.05) is 0 Å². The molecule has 19 heavy (non-hydrogen) atoms. The molecule has 0 heterocycles. The Kier molecular flexibility index (Phi) is 6.17. The van der Waals surface area contributed by atoms with E-state index in [1.165, 1.54) is 20.8 Å². The number of carbonyl (C=O) groups is 2. The molecular weight excluding hydrogens is 272 g/mol. The molecule has 0 aromatic carbocycles. The molecular formula is C11H20N2O5S. The highest BCUT2D eigenvalue weighted by molar-refractivity contribution is 7.87. The van der Waals surface area contributed by atoms with Gasteiger partial charge in [-0.15, -0.1) is 0 Å². The summed E-state index contributed by atoms with van der Waals surface area (Å²) in [4.78, 5) is 22.0. The average molecular weight is 292 g/mol. The number of carbonyl (C=O) groups excluding carboxylic acids is 2. The van der Waals surface area contributed by atoms with Crippen LogP contribution in [0.1, 0.15) is 20.8 Å². The maximum atomic E-state index is 11.4. The van der Waals surface area contributed by atoms with Gasteiger partial charge in [-0.25, -0.2) is 0 Å². The number of hydrogen-bond donors (Lipinski definition) is 3. The van der Waals surface area contributed by atoms with E-state index < -0.39 is 26.7 Å². The summed E-state index contributed by atoms with van der Waals surface area (Å²) in [5.41, 5.74) is 0. The lowest BCUT2D eigenvalue weighted by molar-refractivity contribution is -0.119. The molecule has 3 N–H and O–H groups in total. The Labute approximate surface area is 113 Å². The van der Waals surface area contributed by atoms with E-state index >= 15 is 0 Å². The first kappa shape index (κ1) is 17.6. The van der Waals surface area contributed by atoms with Crippen LogP contribution in [0.25, 0.3) is 0 Å². The van der Waals surface area contributed by atoms with Crippen molar-refractivity contribution in [2.75, 3.05) is 13.1 Å². The first-order chi connectivity index (χ1) is 8.52. The SMILES string of the molecule is C=CC(=O)NCC(CNC(C)=O)C(C)(C)S(=O)(=O)O.